The van der Waals surface area contributed by atoms with Crippen molar-refractivity contribution in [1.29, 1.82) is 0 Å². The number of thiazole rings is 1. The Labute approximate surface area is 191 Å². The number of hydrogen-bond acceptors (Lipinski definition) is 11. The number of rotatable bonds is 6. The van der Waals surface area contributed by atoms with Crippen LogP contribution in [0.3, 0.4) is 0 Å². The summed E-state index contributed by atoms with van der Waals surface area (Å²) in [5.41, 5.74) is 2.58. The summed E-state index contributed by atoms with van der Waals surface area (Å²) in [5.74, 6) is 0.822. The van der Waals surface area contributed by atoms with Gasteiger partial charge in [-0.15, -0.1) is 21.5 Å². The van der Waals surface area contributed by atoms with Crippen LogP contribution < -0.4 is 0 Å². The standard InChI is InChI=1S/C22H16N6O4S/c1-12-18(33-21(25-12)19-23-9-6-10-24-19)22(29)30-11-15-26-27-20(31-15)16-13(2)32-28-17(16)14-7-4-3-5-8-14/h3-10H,11H2,1-2H3. The Bertz CT molecular complexity index is 1410. The zero-order valence-corrected chi connectivity index (χ0v) is 18.4. The van der Waals surface area contributed by atoms with Crippen molar-refractivity contribution in [2.45, 2.75) is 20.5 Å². The van der Waals surface area contributed by atoms with Gasteiger partial charge in [0.1, 0.15) is 21.9 Å². The number of carbonyl (C=O) groups excluding carboxylic acids is 1. The lowest BCUT2D eigenvalue weighted by Gasteiger charge is -2.00. The van der Waals surface area contributed by atoms with Crippen LogP contribution in [0.15, 0.2) is 57.7 Å². The average molecular weight is 460 g/mol. The summed E-state index contributed by atoms with van der Waals surface area (Å²) in [4.78, 5) is 25.6. The van der Waals surface area contributed by atoms with Crippen molar-refractivity contribution < 1.29 is 18.5 Å². The molecule has 10 nitrogen and oxygen atoms in total. The Hall–Kier alpha value is -4.25. The predicted octanol–water partition coefficient (Wildman–Crippen LogP) is 4.28. The van der Waals surface area contributed by atoms with Crippen LogP contribution in [0, 0.1) is 13.8 Å². The van der Waals surface area contributed by atoms with E-state index in [1.165, 1.54) is 0 Å². The van der Waals surface area contributed by atoms with Gasteiger partial charge >= 0.3 is 5.97 Å². The molecule has 0 radical (unpaired) electrons. The SMILES string of the molecule is Cc1nc(-c2ncccn2)sc1C(=O)OCc1nnc(-c2c(-c3ccccc3)noc2C)o1. The zero-order valence-electron chi connectivity index (χ0n) is 17.6. The van der Waals surface area contributed by atoms with E-state index in [4.69, 9.17) is 13.7 Å². The highest BCUT2D eigenvalue weighted by atomic mass is 32.1. The molecule has 0 fully saturated rings. The van der Waals surface area contributed by atoms with E-state index in [1.54, 1.807) is 32.3 Å². The maximum absolute atomic E-state index is 12.6. The molecule has 0 atom stereocenters. The Kier molecular flexibility index (Phi) is 5.45. The largest absolute Gasteiger partial charge is 0.451 e. The number of aryl methyl sites for hydroxylation is 2. The number of carbonyl (C=O) groups is 1. The highest BCUT2D eigenvalue weighted by Gasteiger charge is 2.23. The Morgan fingerprint density at radius 3 is 2.64 bits per heavy atom. The molecule has 0 bridgehead atoms. The highest BCUT2D eigenvalue weighted by molar-refractivity contribution is 7.16. The molecule has 0 saturated carbocycles. The van der Waals surface area contributed by atoms with Crippen LogP contribution >= 0.6 is 11.3 Å². The maximum atomic E-state index is 12.6. The second kappa shape index (κ2) is 8.71. The molecule has 1 aromatic carbocycles. The lowest BCUT2D eigenvalue weighted by molar-refractivity contribution is 0.0443. The molecule has 4 aromatic heterocycles. The van der Waals surface area contributed by atoms with Crippen molar-refractivity contribution in [2.24, 2.45) is 0 Å². The summed E-state index contributed by atoms with van der Waals surface area (Å²) in [6, 6.07) is 11.2. The van der Waals surface area contributed by atoms with E-state index in [0.717, 1.165) is 16.9 Å². The lowest BCUT2D eigenvalue weighted by Crippen LogP contribution is -2.05. The van der Waals surface area contributed by atoms with Crippen LogP contribution in [-0.4, -0.2) is 36.3 Å². The molecule has 4 heterocycles. The predicted molar refractivity (Wildman–Crippen MR) is 117 cm³/mol. The molecular formula is C22H16N6O4S. The minimum absolute atomic E-state index is 0.145. The first-order valence-electron chi connectivity index (χ1n) is 9.86. The Morgan fingerprint density at radius 2 is 1.85 bits per heavy atom. The van der Waals surface area contributed by atoms with E-state index in [2.05, 4.69) is 30.3 Å². The maximum Gasteiger partial charge on any atom is 0.350 e. The average Bonchev–Trinajstić information content (AvgIpc) is 3.57. The fourth-order valence-corrected chi connectivity index (χ4v) is 4.02. The smallest absolute Gasteiger partial charge is 0.350 e. The number of benzene rings is 1. The van der Waals surface area contributed by atoms with Crippen LogP contribution in [0.25, 0.3) is 33.5 Å². The molecule has 164 valence electrons. The van der Waals surface area contributed by atoms with Gasteiger partial charge < -0.3 is 13.7 Å². The lowest BCUT2D eigenvalue weighted by atomic mass is 10.1. The molecule has 33 heavy (non-hydrogen) atoms. The molecule has 0 aliphatic heterocycles. The number of hydrogen-bond donors (Lipinski definition) is 0. The third-order valence-electron chi connectivity index (χ3n) is 4.66. The molecule has 0 unspecified atom stereocenters. The molecule has 0 spiro atoms. The Balaban J connectivity index is 1.32. The quantitative estimate of drug-likeness (QED) is 0.338. The van der Waals surface area contributed by atoms with E-state index >= 15 is 0 Å². The minimum Gasteiger partial charge on any atom is -0.451 e. The number of nitrogens with zero attached hydrogens (tertiary/aromatic N) is 6. The molecule has 0 saturated heterocycles. The van der Waals surface area contributed by atoms with Gasteiger partial charge in [0, 0.05) is 18.0 Å². The normalized spacial score (nSPS) is 11.0. The highest BCUT2D eigenvalue weighted by Crippen LogP contribution is 2.33. The first-order chi connectivity index (χ1) is 16.1. The first kappa shape index (κ1) is 20.6. The fraction of sp³-hybridized carbons (Fsp3) is 0.136. The van der Waals surface area contributed by atoms with Crippen molar-refractivity contribution in [2.75, 3.05) is 0 Å². The van der Waals surface area contributed by atoms with E-state index in [-0.39, 0.29) is 18.4 Å². The van der Waals surface area contributed by atoms with Gasteiger partial charge in [0.25, 0.3) is 11.8 Å². The third kappa shape index (κ3) is 4.13. The zero-order chi connectivity index (χ0) is 22.8. The van der Waals surface area contributed by atoms with Gasteiger partial charge in [-0.25, -0.2) is 19.7 Å². The van der Waals surface area contributed by atoms with Crippen molar-refractivity contribution in [3.63, 3.8) is 0 Å². The van der Waals surface area contributed by atoms with Crippen LogP contribution in [0.4, 0.5) is 0 Å². The number of ether oxygens (including phenoxy) is 1. The molecule has 0 aliphatic carbocycles. The summed E-state index contributed by atoms with van der Waals surface area (Å²) < 4.78 is 16.4. The van der Waals surface area contributed by atoms with Crippen LogP contribution in [0.1, 0.15) is 27.0 Å². The van der Waals surface area contributed by atoms with Gasteiger partial charge in [0.15, 0.2) is 17.4 Å². The topological polar surface area (TPSA) is 130 Å². The van der Waals surface area contributed by atoms with Gasteiger partial charge in [-0.1, -0.05) is 35.5 Å². The van der Waals surface area contributed by atoms with Gasteiger partial charge in [-0.05, 0) is 19.9 Å². The van der Waals surface area contributed by atoms with Crippen molar-refractivity contribution in [3.8, 4) is 33.5 Å². The number of aromatic nitrogens is 6. The van der Waals surface area contributed by atoms with Gasteiger partial charge in [-0.3, -0.25) is 0 Å². The molecular weight excluding hydrogens is 444 g/mol. The molecule has 0 N–H and O–H groups in total. The summed E-state index contributed by atoms with van der Waals surface area (Å²) in [7, 11) is 0. The molecule has 0 aliphatic rings. The third-order valence-corrected chi connectivity index (χ3v) is 5.79. The fourth-order valence-electron chi connectivity index (χ4n) is 3.11. The van der Waals surface area contributed by atoms with Gasteiger partial charge in [0.05, 0.1) is 5.69 Å². The Morgan fingerprint density at radius 1 is 1.06 bits per heavy atom. The van der Waals surface area contributed by atoms with E-state index < -0.39 is 5.97 Å². The molecule has 11 heteroatoms. The molecule has 5 aromatic rings. The van der Waals surface area contributed by atoms with E-state index in [9.17, 15) is 4.79 Å². The van der Waals surface area contributed by atoms with Crippen LogP contribution in [0.5, 0.6) is 0 Å². The van der Waals surface area contributed by atoms with Crippen LogP contribution in [0.2, 0.25) is 0 Å². The van der Waals surface area contributed by atoms with Crippen molar-refractivity contribution in [1.82, 2.24) is 30.3 Å². The summed E-state index contributed by atoms with van der Waals surface area (Å²) >= 11 is 1.16. The van der Waals surface area contributed by atoms with Gasteiger partial charge in [0.2, 0.25) is 0 Å². The second-order valence-corrected chi connectivity index (χ2v) is 7.91. The minimum atomic E-state index is -0.543. The monoisotopic (exact) mass is 460 g/mol. The first-order valence-corrected chi connectivity index (χ1v) is 10.7. The van der Waals surface area contributed by atoms with E-state index in [0.29, 0.717) is 38.4 Å². The van der Waals surface area contributed by atoms with Crippen molar-refractivity contribution in [3.05, 3.63) is 71.0 Å². The summed E-state index contributed by atoms with van der Waals surface area (Å²) in [5, 5.41) is 12.7. The molecule has 0 amide bonds. The second-order valence-electron chi connectivity index (χ2n) is 6.91. The molecule has 5 rings (SSSR count). The van der Waals surface area contributed by atoms with Gasteiger partial charge in [-0.2, -0.15) is 0 Å². The van der Waals surface area contributed by atoms with Crippen LogP contribution in [-0.2, 0) is 11.3 Å². The number of esters is 1. The van der Waals surface area contributed by atoms with Crippen molar-refractivity contribution >= 4 is 17.3 Å². The summed E-state index contributed by atoms with van der Waals surface area (Å²) in [6.45, 7) is 3.30. The summed E-state index contributed by atoms with van der Waals surface area (Å²) in [6.07, 6.45) is 3.23. The van der Waals surface area contributed by atoms with E-state index in [1.807, 2.05) is 30.3 Å².